The molecule has 1 aromatic rings. The summed E-state index contributed by atoms with van der Waals surface area (Å²) in [4.78, 5) is 22.8. The van der Waals surface area contributed by atoms with Crippen molar-refractivity contribution in [2.24, 2.45) is 16.8 Å². The number of ether oxygens (including phenoxy) is 2. The van der Waals surface area contributed by atoms with E-state index in [1.165, 1.54) is 7.11 Å². The monoisotopic (exact) mass is 476 g/mol. The zero-order valence-electron chi connectivity index (χ0n) is 16.3. The Hall–Kier alpha value is -1.58. The van der Waals surface area contributed by atoms with Crippen LogP contribution >= 0.6 is 24.0 Å². The summed E-state index contributed by atoms with van der Waals surface area (Å²) in [5, 5.41) is 3.34. The molecule has 0 radical (unpaired) electrons. The molecule has 0 amide bonds. The number of hydrogen-bond donors (Lipinski definition) is 1. The van der Waals surface area contributed by atoms with E-state index in [0.717, 1.165) is 35.1 Å². The normalized spacial score (nSPS) is 19.8. The van der Waals surface area contributed by atoms with E-state index >= 15 is 0 Å². The minimum Gasteiger partial charge on any atom is -0.496 e. The van der Waals surface area contributed by atoms with Crippen molar-refractivity contribution in [2.45, 2.75) is 27.3 Å². The average molecular weight is 476 g/mol. The third-order valence-electron chi connectivity index (χ3n) is 4.79. The number of methoxy groups -OCH3 is 2. The van der Waals surface area contributed by atoms with E-state index in [4.69, 9.17) is 9.47 Å². The lowest BCUT2D eigenvalue weighted by Crippen LogP contribution is -2.40. The molecular weight excluding hydrogens is 447 g/mol. The number of esters is 1. The Morgan fingerprint density at radius 1 is 1.38 bits per heavy atom. The second-order valence-electron chi connectivity index (χ2n) is 6.46. The van der Waals surface area contributed by atoms with Crippen molar-refractivity contribution < 1.29 is 14.3 Å². The molecular formula is C18H29IN4O3. The van der Waals surface area contributed by atoms with E-state index in [0.29, 0.717) is 13.1 Å². The van der Waals surface area contributed by atoms with Crippen molar-refractivity contribution in [1.29, 1.82) is 0 Å². The summed E-state index contributed by atoms with van der Waals surface area (Å²) in [6, 6.07) is 0. The molecule has 2 atom stereocenters. The number of likely N-dealkylation sites (tertiary alicyclic amines) is 1. The van der Waals surface area contributed by atoms with Crippen molar-refractivity contribution in [3.8, 4) is 5.75 Å². The van der Waals surface area contributed by atoms with Gasteiger partial charge in [-0.2, -0.15) is 0 Å². The topological polar surface area (TPSA) is 76.1 Å². The maximum Gasteiger partial charge on any atom is 0.310 e. The summed E-state index contributed by atoms with van der Waals surface area (Å²) < 4.78 is 10.4. The summed E-state index contributed by atoms with van der Waals surface area (Å²) in [6.07, 6.45) is 1.82. The Bertz CT molecular complexity index is 666. The molecule has 2 heterocycles. The Labute approximate surface area is 172 Å². The highest BCUT2D eigenvalue weighted by Gasteiger charge is 2.36. The van der Waals surface area contributed by atoms with Crippen LogP contribution in [0.25, 0.3) is 0 Å². The van der Waals surface area contributed by atoms with Crippen LogP contribution in [0.15, 0.2) is 11.2 Å². The number of carbonyl (C=O) groups is 1. The number of carbonyl (C=O) groups excluding carboxylic acids is 1. The molecule has 1 aromatic heterocycles. The number of aryl methyl sites for hydroxylation is 1. The van der Waals surface area contributed by atoms with Gasteiger partial charge < -0.3 is 19.7 Å². The predicted molar refractivity (Wildman–Crippen MR) is 112 cm³/mol. The van der Waals surface area contributed by atoms with Gasteiger partial charge in [0.15, 0.2) is 5.96 Å². The molecule has 2 rings (SSSR count). The fourth-order valence-electron chi connectivity index (χ4n) is 3.34. The SMILES string of the molecule is CN=C(NCc1ncc(C)c(OC)c1C)N1CC(C)C(C(=O)OC)C1.I. The second-order valence-corrected chi connectivity index (χ2v) is 6.46. The molecule has 0 saturated carbocycles. The van der Waals surface area contributed by atoms with E-state index in [-0.39, 0.29) is 41.8 Å². The van der Waals surface area contributed by atoms with Gasteiger partial charge >= 0.3 is 5.97 Å². The highest BCUT2D eigenvalue weighted by atomic mass is 127. The van der Waals surface area contributed by atoms with Crippen LogP contribution in [0.2, 0.25) is 0 Å². The third kappa shape index (κ3) is 4.77. The van der Waals surface area contributed by atoms with Gasteiger partial charge in [0.25, 0.3) is 0 Å². The summed E-state index contributed by atoms with van der Waals surface area (Å²) in [7, 11) is 4.85. The van der Waals surface area contributed by atoms with Crippen LogP contribution in [0.3, 0.4) is 0 Å². The van der Waals surface area contributed by atoms with Crippen molar-refractivity contribution in [3.63, 3.8) is 0 Å². The lowest BCUT2D eigenvalue weighted by Gasteiger charge is -2.22. The maximum atomic E-state index is 11.9. The number of nitrogens with one attached hydrogen (secondary N) is 1. The van der Waals surface area contributed by atoms with Crippen LogP contribution < -0.4 is 10.1 Å². The van der Waals surface area contributed by atoms with Crippen LogP contribution in [-0.4, -0.2) is 56.2 Å². The smallest absolute Gasteiger partial charge is 0.310 e. The molecule has 0 bridgehead atoms. The lowest BCUT2D eigenvalue weighted by molar-refractivity contribution is -0.145. The van der Waals surface area contributed by atoms with Gasteiger partial charge in [-0.15, -0.1) is 24.0 Å². The molecule has 1 N–H and O–H groups in total. The fourth-order valence-corrected chi connectivity index (χ4v) is 3.34. The Morgan fingerprint density at radius 3 is 2.65 bits per heavy atom. The first kappa shape index (κ1) is 22.5. The highest BCUT2D eigenvalue weighted by molar-refractivity contribution is 14.0. The molecule has 1 saturated heterocycles. The zero-order valence-corrected chi connectivity index (χ0v) is 18.7. The number of aromatic nitrogens is 1. The van der Waals surface area contributed by atoms with Crippen molar-refractivity contribution in [1.82, 2.24) is 15.2 Å². The minimum atomic E-state index is -0.161. The molecule has 0 aromatic carbocycles. The van der Waals surface area contributed by atoms with Gasteiger partial charge in [0.05, 0.1) is 32.4 Å². The number of halogens is 1. The van der Waals surface area contributed by atoms with Crippen LogP contribution in [0.5, 0.6) is 5.75 Å². The van der Waals surface area contributed by atoms with Crippen LogP contribution in [0.4, 0.5) is 0 Å². The van der Waals surface area contributed by atoms with E-state index < -0.39 is 0 Å². The first-order valence-corrected chi connectivity index (χ1v) is 8.45. The quantitative estimate of drug-likeness (QED) is 0.311. The fraction of sp³-hybridized carbons (Fsp3) is 0.611. The zero-order chi connectivity index (χ0) is 18.6. The summed E-state index contributed by atoms with van der Waals surface area (Å²) >= 11 is 0. The number of nitrogens with zero attached hydrogens (tertiary/aromatic N) is 3. The Balaban J connectivity index is 0.00000338. The maximum absolute atomic E-state index is 11.9. The molecule has 2 unspecified atom stereocenters. The van der Waals surface area contributed by atoms with E-state index in [2.05, 4.69) is 27.1 Å². The second kappa shape index (κ2) is 9.94. The molecule has 1 aliphatic rings. The highest BCUT2D eigenvalue weighted by Crippen LogP contribution is 2.25. The van der Waals surface area contributed by atoms with Gasteiger partial charge in [-0.25, -0.2) is 0 Å². The van der Waals surface area contributed by atoms with Gasteiger partial charge in [0.2, 0.25) is 0 Å². The molecule has 0 spiro atoms. The van der Waals surface area contributed by atoms with E-state index in [9.17, 15) is 4.79 Å². The van der Waals surface area contributed by atoms with Crippen molar-refractivity contribution in [2.75, 3.05) is 34.4 Å². The van der Waals surface area contributed by atoms with Gasteiger partial charge in [0, 0.05) is 37.5 Å². The molecule has 26 heavy (non-hydrogen) atoms. The number of guanidine groups is 1. The minimum absolute atomic E-state index is 0. The molecule has 146 valence electrons. The standard InChI is InChI=1S/C18H28N4O3.HI/c1-11-7-20-15(13(3)16(11)24-5)8-21-18(19-4)22-9-12(2)14(10-22)17(23)25-6;/h7,12,14H,8-10H2,1-6H3,(H,19,21);1H. The van der Waals surface area contributed by atoms with Crippen LogP contribution in [-0.2, 0) is 16.1 Å². The molecule has 8 heteroatoms. The first-order chi connectivity index (χ1) is 11.9. The number of hydrogen-bond acceptors (Lipinski definition) is 5. The van der Waals surface area contributed by atoms with Gasteiger partial charge in [-0.1, -0.05) is 6.92 Å². The third-order valence-corrected chi connectivity index (χ3v) is 4.79. The summed E-state index contributed by atoms with van der Waals surface area (Å²) in [5.41, 5.74) is 2.95. The Kier molecular flexibility index (Phi) is 8.58. The van der Waals surface area contributed by atoms with E-state index in [1.54, 1.807) is 14.2 Å². The van der Waals surface area contributed by atoms with E-state index in [1.807, 2.05) is 20.0 Å². The van der Waals surface area contributed by atoms with Crippen molar-refractivity contribution >= 4 is 35.9 Å². The summed E-state index contributed by atoms with van der Waals surface area (Å²) in [5.74, 6) is 1.57. The average Bonchev–Trinajstić information content (AvgIpc) is 2.98. The molecule has 1 fully saturated rings. The Morgan fingerprint density at radius 2 is 2.08 bits per heavy atom. The van der Waals surface area contributed by atoms with Crippen LogP contribution in [0.1, 0.15) is 23.7 Å². The van der Waals surface area contributed by atoms with Gasteiger partial charge in [0.1, 0.15) is 5.75 Å². The molecule has 7 nitrogen and oxygen atoms in total. The van der Waals surface area contributed by atoms with Crippen molar-refractivity contribution in [3.05, 3.63) is 23.0 Å². The van der Waals surface area contributed by atoms with Gasteiger partial charge in [-0.3, -0.25) is 14.8 Å². The lowest BCUT2D eigenvalue weighted by atomic mass is 9.99. The first-order valence-electron chi connectivity index (χ1n) is 8.45. The largest absolute Gasteiger partial charge is 0.496 e. The number of pyridine rings is 1. The molecule has 0 aliphatic carbocycles. The van der Waals surface area contributed by atoms with Crippen LogP contribution in [0, 0.1) is 25.7 Å². The number of aliphatic imine (C=N–C) groups is 1. The predicted octanol–water partition coefficient (Wildman–Crippen LogP) is 2.14. The number of rotatable bonds is 4. The summed E-state index contributed by atoms with van der Waals surface area (Å²) in [6.45, 7) is 7.96. The van der Waals surface area contributed by atoms with Gasteiger partial charge in [-0.05, 0) is 19.8 Å². The molecule has 1 aliphatic heterocycles.